The highest BCUT2D eigenvalue weighted by molar-refractivity contribution is 5.49. The SMILES string of the molecule is O=CCn1ncc2c1CCCC2. The molecule has 0 aromatic carbocycles. The van der Waals surface area contributed by atoms with Gasteiger partial charge in [-0.2, -0.15) is 5.10 Å². The van der Waals surface area contributed by atoms with E-state index in [0.717, 1.165) is 19.1 Å². The van der Waals surface area contributed by atoms with Crippen LogP contribution in [0, 0.1) is 0 Å². The summed E-state index contributed by atoms with van der Waals surface area (Å²) in [7, 11) is 0. The Balaban J connectivity index is 2.31. The Hall–Kier alpha value is -1.12. The minimum atomic E-state index is 0.412. The number of rotatable bonds is 2. The average molecular weight is 164 g/mol. The van der Waals surface area contributed by atoms with Crippen LogP contribution in [0.25, 0.3) is 0 Å². The Kier molecular flexibility index (Phi) is 1.94. The number of nitrogens with zero attached hydrogens (tertiary/aromatic N) is 2. The highest BCUT2D eigenvalue weighted by Gasteiger charge is 2.13. The van der Waals surface area contributed by atoms with E-state index in [1.807, 2.05) is 10.9 Å². The molecule has 2 rings (SSSR count). The molecule has 0 atom stereocenters. The normalized spacial score (nSPS) is 15.7. The second-order valence-electron chi connectivity index (χ2n) is 3.17. The molecule has 0 saturated carbocycles. The van der Waals surface area contributed by atoms with Crippen molar-refractivity contribution in [2.75, 3.05) is 0 Å². The lowest BCUT2D eigenvalue weighted by Gasteiger charge is -2.11. The molecule has 1 aromatic rings. The predicted octanol–water partition coefficient (Wildman–Crippen LogP) is 0.961. The van der Waals surface area contributed by atoms with Crippen LogP contribution in [-0.2, 0) is 24.2 Å². The van der Waals surface area contributed by atoms with Crippen LogP contribution in [0.15, 0.2) is 6.20 Å². The summed E-state index contributed by atoms with van der Waals surface area (Å²) in [6.07, 6.45) is 7.52. The van der Waals surface area contributed by atoms with Crippen LogP contribution < -0.4 is 0 Å². The largest absolute Gasteiger partial charge is 0.301 e. The number of carbonyl (C=O) groups excluding carboxylic acids is 1. The molecule has 1 aliphatic carbocycles. The van der Waals surface area contributed by atoms with Crippen molar-refractivity contribution < 1.29 is 4.79 Å². The van der Waals surface area contributed by atoms with E-state index in [9.17, 15) is 4.79 Å². The Morgan fingerprint density at radius 3 is 3.17 bits per heavy atom. The van der Waals surface area contributed by atoms with Crippen molar-refractivity contribution in [3.8, 4) is 0 Å². The highest BCUT2D eigenvalue weighted by Crippen LogP contribution is 2.19. The molecule has 0 radical (unpaired) electrons. The molecule has 64 valence electrons. The van der Waals surface area contributed by atoms with Crippen molar-refractivity contribution >= 4 is 6.29 Å². The first-order valence-corrected chi connectivity index (χ1v) is 4.39. The molecule has 1 aromatic heterocycles. The van der Waals surface area contributed by atoms with E-state index in [1.54, 1.807) is 0 Å². The molecule has 0 aliphatic heterocycles. The van der Waals surface area contributed by atoms with Crippen LogP contribution >= 0.6 is 0 Å². The lowest BCUT2D eigenvalue weighted by Crippen LogP contribution is -2.10. The molecule has 3 heteroatoms. The number of carbonyl (C=O) groups is 1. The third-order valence-corrected chi connectivity index (χ3v) is 2.39. The maximum Gasteiger partial charge on any atom is 0.141 e. The molecule has 1 heterocycles. The van der Waals surface area contributed by atoms with E-state index in [0.29, 0.717) is 6.54 Å². The molecule has 0 amide bonds. The molecule has 0 N–H and O–H groups in total. The lowest BCUT2D eigenvalue weighted by molar-refractivity contribution is -0.108. The van der Waals surface area contributed by atoms with Gasteiger partial charge in [-0.1, -0.05) is 0 Å². The van der Waals surface area contributed by atoms with Gasteiger partial charge in [0.25, 0.3) is 0 Å². The van der Waals surface area contributed by atoms with Crippen LogP contribution in [0.3, 0.4) is 0 Å². The number of aryl methyl sites for hydroxylation is 1. The van der Waals surface area contributed by atoms with Crippen molar-refractivity contribution in [2.24, 2.45) is 0 Å². The Morgan fingerprint density at radius 1 is 1.50 bits per heavy atom. The molecular formula is C9H12N2O. The average Bonchev–Trinajstić information content (AvgIpc) is 2.50. The van der Waals surface area contributed by atoms with E-state index >= 15 is 0 Å². The highest BCUT2D eigenvalue weighted by atomic mass is 16.1. The van der Waals surface area contributed by atoms with Crippen LogP contribution in [0.2, 0.25) is 0 Å². The van der Waals surface area contributed by atoms with Gasteiger partial charge in [-0.05, 0) is 31.2 Å². The van der Waals surface area contributed by atoms with Gasteiger partial charge in [0.1, 0.15) is 6.29 Å². The molecule has 0 saturated heterocycles. The zero-order chi connectivity index (χ0) is 8.39. The van der Waals surface area contributed by atoms with E-state index in [4.69, 9.17) is 0 Å². The number of aromatic nitrogens is 2. The summed E-state index contributed by atoms with van der Waals surface area (Å²) in [6.45, 7) is 0.412. The van der Waals surface area contributed by atoms with Gasteiger partial charge in [0.2, 0.25) is 0 Å². The summed E-state index contributed by atoms with van der Waals surface area (Å²) in [4.78, 5) is 10.3. The third-order valence-electron chi connectivity index (χ3n) is 2.39. The Morgan fingerprint density at radius 2 is 2.33 bits per heavy atom. The van der Waals surface area contributed by atoms with Gasteiger partial charge in [0, 0.05) is 5.69 Å². The quantitative estimate of drug-likeness (QED) is 0.610. The molecule has 12 heavy (non-hydrogen) atoms. The molecule has 0 fully saturated rings. The fourth-order valence-corrected chi connectivity index (χ4v) is 1.78. The Bertz CT molecular complexity index is 291. The molecular weight excluding hydrogens is 152 g/mol. The summed E-state index contributed by atoms with van der Waals surface area (Å²) < 4.78 is 1.82. The first-order valence-electron chi connectivity index (χ1n) is 4.39. The van der Waals surface area contributed by atoms with Crippen molar-refractivity contribution in [3.05, 3.63) is 17.5 Å². The molecule has 3 nitrogen and oxygen atoms in total. The summed E-state index contributed by atoms with van der Waals surface area (Å²) in [5.74, 6) is 0. The summed E-state index contributed by atoms with van der Waals surface area (Å²) in [6, 6.07) is 0. The summed E-state index contributed by atoms with van der Waals surface area (Å²) in [5, 5.41) is 4.17. The first kappa shape index (κ1) is 7.53. The molecule has 0 spiro atoms. The Labute approximate surface area is 71.4 Å². The monoisotopic (exact) mass is 164 g/mol. The van der Waals surface area contributed by atoms with Crippen LogP contribution in [0.1, 0.15) is 24.1 Å². The molecule has 0 unspecified atom stereocenters. The van der Waals surface area contributed by atoms with Gasteiger partial charge in [-0.25, -0.2) is 0 Å². The lowest BCUT2D eigenvalue weighted by atomic mass is 9.98. The number of hydrogen-bond acceptors (Lipinski definition) is 2. The number of aldehydes is 1. The standard InChI is InChI=1S/C9H12N2O/c12-6-5-11-9-4-2-1-3-8(9)7-10-11/h6-7H,1-5H2. The van der Waals surface area contributed by atoms with Crippen LogP contribution in [0.4, 0.5) is 0 Å². The van der Waals surface area contributed by atoms with E-state index in [1.165, 1.54) is 24.1 Å². The van der Waals surface area contributed by atoms with Gasteiger partial charge in [0.15, 0.2) is 0 Å². The minimum Gasteiger partial charge on any atom is -0.301 e. The maximum absolute atomic E-state index is 10.3. The van der Waals surface area contributed by atoms with Gasteiger partial charge in [-0.15, -0.1) is 0 Å². The van der Waals surface area contributed by atoms with Gasteiger partial charge in [-0.3, -0.25) is 4.68 Å². The van der Waals surface area contributed by atoms with Crippen LogP contribution in [0.5, 0.6) is 0 Å². The second kappa shape index (κ2) is 3.09. The predicted molar refractivity (Wildman–Crippen MR) is 44.9 cm³/mol. The summed E-state index contributed by atoms with van der Waals surface area (Å²) >= 11 is 0. The third kappa shape index (κ3) is 1.15. The topological polar surface area (TPSA) is 34.9 Å². The van der Waals surface area contributed by atoms with Crippen molar-refractivity contribution in [1.29, 1.82) is 0 Å². The van der Waals surface area contributed by atoms with Crippen molar-refractivity contribution in [3.63, 3.8) is 0 Å². The van der Waals surface area contributed by atoms with Gasteiger partial charge >= 0.3 is 0 Å². The zero-order valence-electron chi connectivity index (χ0n) is 6.99. The maximum atomic E-state index is 10.3. The minimum absolute atomic E-state index is 0.412. The van der Waals surface area contributed by atoms with E-state index < -0.39 is 0 Å². The van der Waals surface area contributed by atoms with Crippen molar-refractivity contribution in [2.45, 2.75) is 32.2 Å². The smallest absolute Gasteiger partial charge is 0.141 e. The summed E-state index contributed by atoms with van der Waals surface area (Å²) in [5.41, 5.74) is 2.61. The van der Waals surface area contributed by atoms with E-state index in [2.05, 4.69) is 5.10 Å². The second-order valence-corrected chi connectivity index (χ2v) is 3.17. The number of fused-ring (bicyclic) bond motifs is 1. The first-order chi connectivity index (χ1) is 5.92. The fourth-order valence-electron chi connectivity index (χ4n) is 1.78. The van der Waals surface area contributed by atoms with Gasteiger partial charge < -0.3 is 4.79 Å². The van der Waals surface area contributed by atoms with Gasteiger partial charge in [0.05, 0.1) is 12.7 Å². The zero-order valence-corrected chi connectivity index (χ0v) is 6.99. The fraction of sp³-hybridized carbons (Fsp3) is 0.556. The van der Waals surface area contributed by atoms with Crippen molar-refractivity contribution in [1.82, 2.24) is 9.78 Å². The molecule has 1 aliphatic rings. The number of hydrogen-bond donors (Lipinski definition) is 0. The molecule has 0 bridgehead atoms. The van der Waals surface area contributed by atoms with Crippen LogP contribution in [-0.4, -0.2) is 16.1 Å². The van der Waals surface area contributed by atoms with E-state index in [-0.39, 0.29) is 0 Å².